The summed E-state index contributed by atoms with van der Waals surface area (Å²) < 4.78 is 0. The topological polar surface area (TPSA) is 45.1 Å². The Morgan fingerprint density at radius 3 is 2.85 bits per heavy atom. The highest BCUT2D eigenvalue weighted by molar-refractivity contribution is 7.09. The second-order valence-corrected chi connectivity index (χ2v) is 7.54. The van der Waals surface area contributed by atoms with Gasteiger partial charge in [0, 0.05) is 17.0 Å². The van der Waals surface area contributed by atoms with E-state index in [2.05, 4.69) is 30.6 Å². The molecule has 20 heavy (non-hydrogen) atoms. The van der Waals surface area contributed by atoms with Crippen LogP contribution in [0.5, 0.6) is 0 Å². The van der Waals surface area contributed by atoms with Gasteiger partial charge in [-0.05, 0) is 56.0 Å². The highest BCUT2D eigenvalue weighted by Crippen LogP contribution is 2.49. The van der Waals surface area contributed by atoms with E-state index in [1.165, 1.54) is 4.88 Å². The van der Waals surface area contributed by atoms with E-state index >= 15 is 0 Å². The number of hydrogen-bond acceptors (Lipinski definition) is 4. The minimum absolute atomic E-state index is 0.200. The molecule has 4 heteroatoms. The zero-order valence-corrected chi connectivity index (χ0v) is 13.1. The van der Waals surface area contributed by atoms with Crippen molar-refractivity contribution in [3.05, 3.63) is 23.0 Å². The summed E-state index contributed by atoms with van der Waals surface area (Å²) >= 11 is 1.70. The van der Waals surface area contributed by atoms with Crippen molar-refractivity contribution in [1.29, 1.82) is 0 Å². The largest absolute Gasteiger partial charge is 0.392 e. The van der Waals surface area contributed by atoms with Gasteiger partial charge in [0.1, 0.15) is 0 Å². The molecule has 1 radical (unpaired) electrons. The number of aliphatic hydroxyl groups excluding tert-OH is 1. The van der Waals surface area contributed by atoms with Gasteiger partial charge < -0.3 is 10.4 Å². The van der Waals surface area contributed by atoms with E-state index in [1.54, 1.807) is 11.3 Å². The lowest BCUT2D eigenvalue weighted by molar-refractivity contribution is 0.00984. The van der Waals surface area contributed by atoms with Crippen LogP contribution < -0.4 is 5.32 Å². The Morgan fingerprint density at radius 2 is 2.25 bits per heavy atom. The van der Waals surface area contributed by atoms with Crippen LogP contribution in [0, 0.1) is 30.1 Å². The molecule has 0 spiro atoms. The van der Waals surface area contributed by atoms with Gasteiger partial charge in [-0.25, -0.2) is 0 Å². The summed E-state index contributed by atoms with van der Waals surface area (Å²) in [5.41, 5.74) is 1.90. The van der Waals surface area contributed by atoms with Crippen LogP contribution in [0.4, 0.5) is 0 Å². The second-order valence-electron chi connectivity index (χ2n) is 6.62. The molecule has 0 amide bonds. The molecule has 2 heterocycles. The van der Waals surface area contributed by atoms with Crippen molar-refractivity contribution < 1.29 is 5.11 Å². The van der Waals surface area contributed by atoms with Gasteiger partial charge in [0.15, 0.2) is 0 Å². The third-order valence-corrected chi connectivity index (χ3v) is 6.04. The first-order valence-corrected chi connectivity index (χ1v) is 8.67. The lowest BCUT2D eigenvalue weighted by atomic mass is 9.61. The summed E-state index contributed by atoms with van der Waals surface area (Å²) in [4.78, 5) is 5.51. The van der Waals surface area contributed by atoms with Gasteiger partial charge in [-0.2, -0.15) is 0 Å². The smallest absolute Gasteiger partial charge is 0.0794 e. The van der Waals surface area contributed by atoms with Crippen molar-refractivity contribution in [3.8, 4) is 0 Å². The fraction of sp³-hybridized carbons (Fsp3) is 0.750. The summed E-state index contributed by atoms with van der Waals surface area (Å²) in [5.74, 6) is 2.79. The molecule has 0 aromatic carbocycles. The first kappa shape index (κ1) is 14.5. The first-order chi connectivity index (χ1) is 9.68. The Labute approximate surface area is 125 Å². The van der Waals surface area contributed by atoms with Gasteiger partial charge in [-0.1, -0.05) is 13.8 Å². The van der Waals surface area contributed by atoms with E-state index < -0.39 is 0 Å². The molecule has 1 saturated carbocycles. The summed E-state index contributed by atoms with van der Waals surface area (Å²) in [5, 5.41) is 14.0. The second kappa shape index (κ2) is 6.12. The van der Waals surface area contributed by atoms with E-state index in [9.17, 15) is 5.11 Å². The third-order valence-electron chi connectivity index (χ3n) is 5.16. The molecule has 111 valence electrons. The van der Waals surface area contributed by atoms with E-state index in [0.717, 1.165) is 25.9 Å². The van der Waals surface area contributed by atoms with E-state index in [4.69, 9.17) is 0 Å². The molecule has 4 unspecified atom stereocenters. The van der Waals surface area contributed by atoms with Crippen LogP contribution in [-0.2, 0) is 0 Å². The predicted molar refractivity (Wildman–Crippen MR) is 82.6 cm³/mol. The summed E-state index contributed by atoms with van der Waals surface area (Å²) in [7, 11) is 0. The molecule has 5 atom stereocenters. The van der Waals surface area contributed by atoms with Gasteiger partial charge in [-0.15, -0.1) is 11.3 Å². The fourth-order valence-electron chi connectivity index (χ4n) is 4.33. The zero-order valence-electron chi connectivity index (χ0n) is 12.3. The first-order valence-electron chi connectivity index (χ1n) is 7.79. The molecule has 0 bridgehead atoms. The standard InChI is InChI=1S/C16H25N2OS/c1-10(2)15-12(11-5-6-17-7-11)3-4-13(19)16(15)14-8-18-9-20-14/h5,8-13,15-17,19H,3-4,6-7H2,1-2H3/t11?,12?,13?,15?,16-/m1/s1. The third kappa shape index (κ3) is 2.66. The average Bonchev–Trinajstić information content (AvgIpc) is 3.11. The fourth-order valence-corrected chi connectivity index (χ4v) is 5.17. The van der Waals surface area contributed by atoms with Gasteiger partial charge in [0.05, 0.1) is 11.6 Å². The number of nitrogens with one attached hydrogen (secondary N) is 1. The molecule has 2 N–H and O–H groups in total. The van der Waals surface area contributed by atoms with E-state index in [1.807, 2.05) is 11.7 Å². The van der Waals surface area contributed by atoms with Gasteiger partial charge >= 0.3 is 0 Å². The van der Waals surface area contributed by atoms with Gasteiger partial charge in [-0.3, -0.25) is 4.98 Å². The molecule has 1 aliphatic heterocycles. The maximum Gasteiger partial charge on any atom is 0.0794 e. The van der Waals surface area contributed by atoms with Crippen LogP contribution >= 0.6 is 11.3 Å². The number of nitrogens with zero attached hydrogens (tertiary/aromatic N) is 1. The number of hydrogen-bond donors (Lipinski definition) is 2. The quantitative estimate of drug-likeness (QED) is 0.900. The SMILES string of the molecule is CC(C)C1C(C2[CH]CNC2)CCC(O)[C@@H]1c1cncs1. The van der Waals surface area contributed by atoms with Crippen LogP contribution in [0.15, 0.2) is 11.7 Å². The Morgan fingerprint density at radius 1 is 1.40 bits per heavy atom. The molecule has 1 aromatic heterocycles. The molecule has 2 fully saturated rings. The summed E-state index contributed by atoms with van der Waals surface area (Å²) in [6, 6.07) is 0. The molecule has 3 nitrogen and oxygen atoms in total. The van der Waals surface area contributed by atoms with Gasteiger partial charge in [0.2, 0.25) is 0 Å². The predicted octanol–water partition coefficient (Wildman–Crippen LogP) is 2.69. The Kier molecular flexibility index (Phi) is 4.43. The normalized spacial score (nSPS) is 38.5. The van der Waals surface area contributed by atoms with Crippen LogP contribution in [0.1, 0.15) is 37.5 Å². The monoisotopic (exact) mass is 293 g/mol. The minimum Gasteiger partial charge on any atom is -0.392 e. The van der Waals surface area contributed by atoms with Crippen molar-refractivity contribution in [2.75, 3.05) is 13.1 Å². The summed E-state index contributed by atoms with van der Waals surface area (Å²) in [6.45, 7) is 6.78. The van der Waals surface area contributed by atoms with E-state index in [-0.39, 0.29) is 12.0 Å². The average molecular weight is 293 g/mol. The van der Waals surface area contributed by atoms with Crippen LogP contribution in [0.2, 0.25) is 0 Å². The Hall–Kier alpha value is -0.450. The molecular weight excluding hydrogens is 268 g/mol. The minimum atomic E-state index is -0.200. The van der Waals surface area contributed by atoms with Crippen molar-refractivity contribution in [2.45, 2.75) is 38.7 Å². The lowest BCUT2D eigenvalue weighted by Gasteiger charge is -2.45. The Balaban J connectivity index is 1.88. The highest BCUT2D eigenvalue weighted by atomic mass is 32.1. The zero-order chi connectivity index (χ0) is 14.1. The van der Waals surface area contributed by atoms with Crippen molar-refractivity contribution in [2.24, 2.45) is 23.7 Å². The molecule has 1 saturated heterocycles. The van der Waals surface area contributed by atoms with Gasteiger partial charge in [0.25, 0.3) is 0 Å². The lowest BCUT2D eigenvalue weighted by Crippen LogP contribution is -2.42. The van der Waals surface area contributed by atoms with Crippen molar-refractivity contribution in [3.63, 3.8) is 0 Å². The van der Waals surface area contributed by atoms with Crippen LogP contribution in [-0.4, -0.2) is 29.3 Å². The maximum absolute atomic E-state index is 10.6. The maximum atomic E-state index is 10.6. The van der Waals surface area contributed by atoms with Crippen molar-refractivity contribution >= 4 is 11.3 Å². The molecule has 1 aliphatic carbocycles. The number of rotatable bonds is 3. The molecule has 2 aliphatic rings. The highest BCUT2D eigenvalue weighted by Gasteiger charge is 2.44. The number of aliphatic hydroxyl groups is 1. The molecular formula is C16H25N2OS. The molecule has 3 rings (SSSR count). The Bertz CT molecular complexity index is 414. The van der Waals surface area contributed by atoms with Crippen LogP contribution in [0.3, 0.4) is 0 Å². The number of aromatic nitrogens is 1. The van der Waals surface area contributed by atoms with Crippen LogP contribution in [0.25, 0.3) is 0 Å². The number of thiazole rings is 1. The molecule has 1 aromatic rings. The van der Waals surface area contributed by atoms with Crippen molar-refractivity contribution in [1.82, 2.24) is 10.3 Å². The van der Waals surface area contributed by atoms with E-state index in [0.29, 0.717) is 23.7 Å². The summed E-state index contributed by atoms with van der Waals surface area (Å²) in [6.07, 6.45) is 6.30.